The maximum atomic E-state index is 5.88. The Balaban J connectivity index is 2.37. The fraction of sp³-hybridized carbons (Fsp3) is 0.500. The Bertz CT molecular complexity index is 279. The molecular weight excluding hydrogens is 188 g/mol. The Morgan fingerprint density at radius 2 is 2.13 bits per heavy atom. The molecule has 0 heterocycles. The molecule has 3 N–H and O–H groups in total. The second-order valence-electron chi connectivity index (χ2n) is 3.67. The number of hydrogen-bond acceptors (Lipinski definition) is 3. The summed E-state index contributed by atoms with van der Waals surface area (Å²) in [6.45, 7) is 3.83. The van der Waals surface area contributed by atoms with E-state index in [0.717, 1.165) is 37.4 Å². The maximum Gasteiger partial charge on any atom is 0.0603 e. The molecule has 0 fully saturated rings. The van der Waals surface area contributed by atoms with Gasteiger partial charge in [-0.15, -0.1) is 0 Å². The largest absolute Gasteiger partial charge is 0.397 e. The molecule has 1 rings (SSSR count). The molecule has 0 aromatic heterocycles. The number of methoxy groups -OCH3 is 1. The van der Waals surface area contributed by atoms with E-state index in [-0.39, 0.29) is 0 Å². The zero-order chi connectivity index (χ0) is 11.1. The summed E-state index contributed by atoms with van der Waals surface area (Å²) in [6.07, 6.45) is 2.18. The van der Waals surface area contributed by atoms with Gasteiger partial charge >= 0.3 is 0 Å². The van der Waals surface area contributed by atoms with Crippen LogP contribution in [0.1, 0.15) is 18.4 Å². The highest BCUT2D eigenvalue weighted by molar-refractivity contribution is 5.69. The van der Waals surface area contributed by atoms with Crippen LogP contribution in [-0.2, 0) is 4.74 Å². The first-order valence-corrected chi connectivity index (χ1v) is 5.33. The normalized spacial score (nSPS) is 10.3. The molecule has 15 heavy (non-hydrogen) atoms. The molecule has 0 unspecified atom stereocenters. The summed E-state index contributed by atoms with van der Waals surface area (Å²) >= 11 is 0. The van der Waals surface area contributed by atoms with Crippen molar-refractivity contribution in [2.24, 2.45) is 0 Å². The number of anilines is 2. The predicted octanol–water partition coefficient (Wildman–Crippen LogP) is 2.42. The minimum atomic E-state index is 0.821. The van der Waals surface area contributed by atoms with Crippen molar-refractivity contribution >= 4 is 11.4 Å². The van der Waals surface area contributed by atoms with E-state index >= 15 is 0 Å². The molecule has 0 bridgehead atoms. The molecule has 84 valence electrons. The lowest BCUT2D eigenvalue weighted by molar-refractivity contribution is 0.194. The average molecular weight is 208 g/mol. The number of hydrogen-bond donors (Lipinski definition) is 2. The highest BCUT2D eigenvalue weighted by atomic mass is 16.5. The third kappa shape index (κ3) is 3.80. The van der Waals surface area contributed by atoms with Crippen LogP contribution in [-0.4, -0.2) is 20.3 Å². The van der Waals surface area contributed by atoms with Crippen LogP contribution >= 0.6 is 0 Å². The number of aryl methyl sites for hydroxylation is 1. The van der Waals surface area contributed by atoms with E-state index in [1.807, 2.05) is 12.1 Å². The molecular formula is C12H20N2O. The Morgan fingerprint density at radius 1 is 1.33 bits per heavy atom. The number of benzene rings is 1. The molecule has 3 heteroatoms. The summed E-state index contributed by atoms with van der Waals surface area (Å²) in [6, 6.07) is 5.96. The number of unbranched alkanes of at least 4 members (excludes halogenated alkanes) is 1. The number of ether oxygens (including phenoxy) is 1. The second kappa shape index (κ2) is 6.30. The van der Waals surface area contributed by atoms with Gasteiger partial charge in [0.25, 0.3) is 0 Å². The van der Waals surface area contributed by atoms with Gasteiger partial charge in [-0.25, -0.2) is 0 Å². The zero-order valence-electron chi connectivity index (χ0n) is 9.55. The van der Waals surface area contributed by atoms with Crippen LogP contribution in [0.15, 0.2) is 18.2 Å². The third-order valence-electron chi connectivity index (χ3n) is 2.38. The van der Waals surface area contributed by atoms with Gasteiger partial charge in [0.15, 0.2) is 0 Å². The van der Waals surface area contributed by atoms with E-state index in [9.17, 15) is 0 Å². The maximum absolute atomic E-state index is 5.88. The zero-order valence-corrected chi connectivity index (χ0v) is 9.55. The fourth-order valence-corrected chi connectivity index (χ4v) is 1.52. The van der Waals surface area contributed by atoms with Gasteiger partial charge < -0.3 is 15.8 Å². The smallest absolute Gasteiger partial charge is 0.0603 e. The van der Waals surface area contributed by atoms with Gasteiger partial charge in [-0.05, 0) is 31.4 Å². The molecule has 0 aliphatic rings. The molecule has 0 amide bonds. The van der Waals surface area contributed by atoms with Gasteiger partial charge in [-0.2, -0.15) is 0 Å². The Hall–Kier alpha value is -1.22. The molecule has 0 saturated carbocycles. The van der Waals surface area contributed by atoms with Crippen molar-refractivity contribution in [3.05, 3.63) is 23.8 Å². The Labute approximate surface area is 91.6 Å². The van der Waals surface area contributed by atoms with Crippen molar-refractivity contribution in [1.29, 1.82) is 0 Å². The lowest BCUT2D eigenvalue weighted by Crippen LogP contribution is -2.06. The highest BCUT2D eigenvalue weighted by Crippen LogP contribution is 2.22. The molecule has 1 aromatic rings. The Kier molecular flexibility index (Phi) is 4.98. The van der Waals surface area contributed by atoms with E-state index in [0.29, 0.717) is 0 Å². The molecule has 0 aliphatic carbocycles. The van der Waals surface area contributed by atoms with Gasteiger partial charge in [-0.1, -0.05) is 12.1 Å². The van der Waals surface area contributed by atoms with Crippen LogP contribution in [0.2, 0.25) is 0 Å². The van der Waals surface area contributed by atoms with E-state index < -0.39 is 0 Å². The number of nitrogen functional groups attached to an aromatic ring is 1. The van der Waals surface area contributed by atoms with E-state index in [2.05, 4.69) is 18.3 Å². The third-order valence-corrected chi connectivity index (χ3v) is 2.38. The van der Waals surface area contributed by atoms with Crippen LogP contribution in [0, 0.1) is 6.92 Å². The molecule has 0 saturated heterocycles. The van der Waals surface area contributed by atoms with Crippen LogP contribution in [0.3, 0.4) is 0 Å². The first kappa shape index (κ1) is 11.9. The van der Waals surface area contributed by atoms with Gasteiger partial charge in [-0.3, -0.25) is 0 Å². The summed E-state index contributed by atoms with van der Waals surface area (Å²) in [7, 11) is 1.73. The van der Waals surface area contributed by atoms with Crippen molar-refractivity contribution < 1.29 is 4.74 Å². The van der Waals surface area contributed by atoms with Crippen LogP contribution in [0.5, 0.6) is 0 Å². The summed E-state index contributed by atoms with van der Waals surface area (Å²) in [5.41, 5.74) is 8.96. The van der Waals surface area contributed by atoms with Gasteiger partial charge in [0.05, 0.1) is 11.4 Å². The summed E-state index contributed by atoms with van der Waals surface area (Å²) < 4.78 is 4.99. The average Bonchev–Trinajstić information content (AvgIpc) is 2.21. The second-order valence-corrected chi connectivity index (χ2v) is 3.67. The van der Waals surface area contributed by atoms with Crippen molar-refractivity contribution in [2.75, 3.05) is 31.3 Å². The molecule has 1 aromatic carbocycles. The van der Waals surface area contributed by atoms with E-state index in [1.165, 1.54) is 5.56 Å². The van der Waals surface area contributed by atoms with Crippen molar-refractivity contribution in [2.45, 2.75) is 19.8 Å². The number of nitrogens with one attached hydrogen (secondary N) is 1. The predicted molar refractivity (Wildman–Crippen MR) is 65.2 cm³/mol. The summed E-state index contributed by atoms with van der Waals surface area (Å²) in [5, 5.41) is 3.36. The minimum Gasteiger partial charge on any atom is -0.397 e. The topological polar surface area (TPSA) is 47.3 Å². The lowest BCUT2D eigenvalue weighted by Gasteiger charge is -2.11. The first-order chi connectivity index (χ1) is 7.25. The van der Waals surface area contributed by atoms with Crippen LogP contribution in [0.25, 0.3) is 0 Å². The standard InChI is InChI=1S/C12H20N2O/c1-10-6-5-7-11(13)12(10)14-8-3-4-9-15-2/h5-7,14H,3-4,8-9,13H2,1-2H3. The highest BCUT2D eigenvalue weighted by Gasteiger charge is 2.00. The number of rotatable bonds is 6. The van der Waals surface area contributed by atoms with Crippen LogP contribution < -0.4 is 11.1 Å². The molecule has 0 radical (unpaired) electrons. The first-order valence-electron chi connectivity index (χ1n) is 5.33. The van der Waals surface area contributed by atoms with Crippen molar-refractivity contribution in [3.8, 4) is 0 Å². The molecule has 0 atom stereocenters. The molecule has 0 aliphatic heterocycles. The van der Waals surface area contributed by atoms with Crippen molar-refractivity contribution in [3.63, 3.8) is 0 Å². The Morgan fingerprint density at radius 3 is 2.80 bits per heavy atom. The van der Waals surface area contributed by atoms with E-state index in [1.54, 1.807) is 7.11 Å². The monoisotopic (exact) mass is 208 g/mol. The van der Waals surface area contributed by atoms with Crippen molar-refractivity contribution in [1.82, 2.24) is 0 Å². The van der Waals surface area contributed by atoms with Gasteiger partial charge in [0.2, 0.25) is 0 Å². The van der Waals surface area contributed by atoms with Gasteiger partial charge in [0, 0.05) is 20.3 Å². The summed E-state index contributed by atoms with van der Waals surface area (Å²) in [4.78, 5) is 0. The fourth-order valence-electron chi connectivity index (χ4n) is 1.52. The number of para-hydroxylation sites is 1. The summed E-state index contributed by atoms with van der Waals surface area (Å²) in [5.74, 6) is 0. The molecule has 3 nitrogen and oxygen atoms in total. The van der Waals surface area contributed by atoms with Crippen LogP contribution in [0.4, 0.5) is 11.4 Å². The number of nitrogens with two attached hydrogens (primary N) is 1. The SMILES string of the molecule is COCCCCNc1c(C)cccc1N. The van der Waals surface area contributed by atoms with E-state index in [4.69, 9.17) is 10.5 Å². The molecule has 0 spiro atoms. The van der Waals surface area contributed by atoms with Gasteiger partial charge in [0.1, 0.15) is 0 Å². The quantitative estimate of drug-likeness (QED) is 0.557. The lowest BCUT2D eigenvalue weighted by atomic mass is 10.1. The minimum absolute atomic E-state index is 0.821.